The average Bonchev–Trinajstić information content (AvgIpc) is 2.94. The SMILES string of the molecule is Cc1c(C(=O)NC(C)c2csc(N)n2)c(=O)[nH]c2ccccc12. The van der Waals surface area contributed by atoms with Crippen LogP contribution < -0.4 is 16.6 Å². The summed E-state index contributed by atoms with van der Waals surface area (Å²) in [5.41, 5.74) is 7.38. The Morgan fingerprint density at radius 2 is 2.13 bits per heavy atom. The number of nitrogens with two attached hydrogens (primary N) is 1. The summed E-state index contributed by atoms with van der Waals surface area (Å²) in [6, 6.07) is 7.07. The average molecular weight is 328 g/mol. The van der Waals surface area contributed by atoms with Gasteiger partial charge in [0.2, 0.25) is 0 Å². The Labute approximate surface area is 136 Å². The smallest absolute Gasteiger partial charge is 0.261 e. The molecule has 118 valence electrons. The van der Waals surface area contributed by atoms with Crippen LogP contribution in [-0.4, -0.2) is 15.9 Å². The number of hydrogen-bond acceptors (Lipinski definition) is 5. The Kier molecular flexibility index (Phi) is 3.87. The summed E-state index contributed by atoms with van der Waals surface area (Å²) in [5, 5.41) is 5.89. The molecule has 1 aromatic carbocycles. The van der Waals surface area contributed by atoms with Gasteiger partial charge in [-0.15, -0.1) is 11.3 Å². The van der Waals surface area contributed by atoms with Crippen LogP contribution in [0.15, 0.2) is 34.4 Å². The molecule has 0 aliphatic carbocycles. The molecule has 23 heavy (non-hydrogen) atoms. The first-order valence-corrected chi connectivity index (χ1v) is 7.98. The van der Waals surface area contributed by atoms with Crippen LogP contribution in [0.3, 0.4) is 0 Å². The molecule has 1 amide bonds. The van der Waals surface area contributed by atoms with Gasteiger partial charge in [-0.25, -0.2) is 4.98 Å². The minimum atomic E-state index is -0.423. The van der Waals surface area contributed by atoms with Crippen LogP contribution in [0, 0.1) is 6.92 Å². The fraction of sp³-hybridized carbons (Fsp3) is 0.188. The molecule has 0 radical (unpaired) electrons. The number of aryl methyl sites for hydroxylation is 1. The molecule has 6 nitrogen and oxygen atoms in total. The number of fused-ring (bicyclic) bond motifs is 1. The number of rotatable bonds is 3. The first kappa shape index (κ1) is 15.2. The lowest BCUT2D eigenvalue weighted by Crippen LogP contribution is -2.32. The van der Waals surface area contributed by atoms with Crippen molar-refractivity contribution in [3.63, 3.8) is 0 Å². The van der Waals surface area contributed by atoms with E-state index in [-0.39, 0.29) is 11.6 Å². The van der Waals surface area contributed by atoms with E-state index in [4.69, 9.17) is 5.73 Å². The van der Waals surface area contributed by atoms with Gasteiger partial charge in [-0.3, -0.25) is 9.59 Å². The fourth-order valence-corrected chi connectivity index (χ4v) is 3.18. The van der Waals surface area contributed by atoms with Crippen molar-refractivity contribution in [2.45, 2.75) is 19.9 Å². The van der Waals surface area contributed by atoms with Crippen LogP contribution in [0.5, 0.6) is 0 Å². The van der Waals surface area contributed by atoms with E-state index >= 15 is 0 Å². The third-order valence-electron chi connectivity index (χ3n) is 3.74. The molecule has 0 saturated carbocycles. The van der Waals surface area contributed by atoms with Crippen LogP contribution in [0.25, 0.3) is 10.9 Å². The minimum absolute atomic E-state index is 0.124. The number of thiazole rings is 1. The topological polar surface area (TPSA) is 101 Å². The van der Waals surface area contributed by atoms with Crippen LogP contribution in [-0.2, 0) is 0 Å². The van der Waals surface area contributed by atoms with E-state index in [2.05, 4.69) is 15.3 Å². The highest BCUT2D eigenvalue weighted by Gasteiger charge is 2.19. The number of para-hydroxylation sites is 1. The van der Waals surface area contributed by atoms with Crippen LogP contribution in [0.1, 0.15) is 34.6 Å². The zero-order valence-corrected chi connectivity index (χ0v) is 13.5. The van der Waals surface area contributed by atoms with Gasteiger partial charge in [-0.05, 0) is 25.5 Å². The number of nitrogens with one attached hydrogen (secondary N) is 2. The zero-order chi connectivity index (χ0) is 16.6. The molecule has 0 aliphatic heterocycles. The lowest BCUT2D eigenvalue weighted by atomic mass is 10.0. The molecule has 1 atom stereocenters. The van der Waals surface area contributed by atoms with Gasteiger partial charge in [0.1, 0.15) is 5.56 Å². The van der Waals surface area contributed by atoms with E-state index in [0.29, 0.717) is 21.9 Å². The van der Waals surface area contributed by atoms with Gasteiger partial charge < -0.3 is 16.0 Å². The number of nitrogen functional groups attached to an aromatic ring is 1. The molecule has 1 unspecified atom stereocenters. The highest BCUT2D eigenvalue weighted by molar-refractivity contribution is 7.13. The van der Waals surface area contributed by atoms with Crippen molar-refractivity contribution in [2.75, 3.05) is 5.73 Å². The summed E-state index contributed by atoms with van der Waals surface area (Å²) < 4.78 is 0. The first-order chi connectivity index (χ1) is 11.0. The summed E-state index contributed by atoms with van der Waals surface area (Å²) in [4.78, 5) is 31.7. The molecule has 7 heteroatoms. The Balaban J connectivity index is 1.96. The molecule has 2 aromatic heterocycles. The molecule has 0 spiro atoms. The Bertz CT molecular complexity index is 945. The number of hydrogen-bond donors (Lipinski definition) is 3. The number of carbonyl (C=O) groups excluding carboxylic acids is 1. The molecule has 0 saturated heterocycles. The van der Waals surface area contributed by atoms with Crippen molar-refractivity contribution in [3.8, 4) is 0 Å². The van der Waals surface area contributed by atoms with E-state index < -0.39 is 11.5 Å². The summed E-state index contributed by atoms with van der Waals surface area (Å²) in [7, 11) is 0. The van der Waals surface area contributed by atoms with Crippen molar-refractivity contribution in [2.24, 2.45) is 0 Å². The lowest BCUT2D eigenvalue weighted by molar-refractivity contribution is 0.0937. The lowest BCUT2D eigenvalue weighted by Gasteiger charge is -2.13. The molecule has 0 bridgehead atoms. The molecule has 0 fully saturated rings. The quantitative estimate of drug-likeness (QED) is 0.687. The molecule has 3 aromatic rings. The highest BCUT2D eigenvalue weighted by atomic mass is 32.1. The fourth-order valence-electron chi connectivity index (χ4n) is 2.52. The molecular formula is C16H16N4O2S. The Hall–Kier alpha value is -2.67. The van der Waals surface area contributed by atoms with Gasteiger partial charge in [-0.1, -0.05) is 18.2 Å². The largest absolute Gasteiger partial charge is 0.375 e. The van der Waals surface area contributed by atoms with Crippen molar-refractivity contribution in [1.29, 1.82) is 0 Å². The monoisotopic (exact) mass is 328 g/mol. The van der Waals surface area contributed by atoms with E-state index in [9.17, 15) is 9.59 Å². The number of nitrogens with zero attached hydrogens (tertiary/aromatic N) is 1. The summed E-state index contributed by atoms with van der Waals surface area (Å²) in [6.45, 7) is 3.58. The maximum atomic E-state index is 12.5. The molecule has 3 rings (SSSR count). The Morgan fingerprint density at radius 3 is 2.83 bits per heavy atom. The van der Waals surface area contributed by atoms with Crippen LogP contribution in [0.2, 0.25) is 0 Å². The predicted molar refractivity (Wildman–Crippen MR) is 91.7 cm³/mol. The van der Waals surface area contributed by atoms with Crippen LogP contribution in [0.4, 0.5) is 5.13 Å². The number of pyridine rings is 1. The Morgan fingerprint density at radius 1 is 1.39 bits per heavy atom. The zero-order valence-electron chi connectivity index (χ0n) is 12.7. The standard InChI is InChI=1S/C16H16N4O2S/c1-8-10-5-3-4-6-11(10)19-15(22)13(8)14(21)18-9(2)12-7-23-16(17)20-12/h3-7,9H,1-2H3,(H2,17,20)(H,18,21)(H,19,22). The summed E-state index contributed by atoms with van der Waals surface area (Å²) in [5.74, 6) is -0.423. The molecule has 0 aliphatic rings. The van der Waals surface area contributed by atoms with Crippen LogP contribution >= 0.6 is 11.3 Å². The number of aromatic nitrogens is 2. The van der Waals surface area contributed by atoms with Crippen molar-refractivity contribution < 1.29 is 4.79 Å². The highest BCUT2D eigenvalue weighted by Crippen LogP contribution is 2.20. The number of carbonyl (C=O) groups is 1. The van der Waals surface area contributed by atoms with Crippen molar-refractivity contribution >= 4 is 33.3 Å². The van der Waals surface area contributed by atoms with Crippen molar-refractivity contribution in [1.82, 2.24) is 15.3 Å². The molecule has 4 N–H and O–H groups in total. The molecular weight excluding hydrogens is 312 g/mol. The van der Waals surface area contributed by atoms with E-state index in [1.165, 1.54) is 11.3 Å². The first-order valence-electron chi connectivity index (χ1n) is 7.10. The van der Waals surface area contributed by atoms with Gasteiger partial charge >= 0.3 is 0 Å². The second-order valence-electron chi connectivity index (χ2n) is 5.31. The normalized spacial score (nSPS) is 12.3. The van der Waals surface area contributed by atoms with Gasteiger partial charge in [0, 0.05) is 16.3 Å². The van der Waals surface area contributed by atoms with E-state index in [0.717, 1.165) is 5.39 Å². The third kappa shape index (κ3) is 2.83. The predicted octanol–water partition coefficient (Wildman–Crippen LogP) is 2.37. The maximum Gasteiger partial charge on any atom is 0.261 e. The number of H-pyrrole nitrogens is 1. The maximum absolute atomic E-state index is 12.5. The number of benzene rings is 1. The number of aromatic amines is 1. The van der Waals surface area contributed by atoms with Gasteiger partial charge in [-0.2, -0.15) is 0 Å². The molecule has 2 heterocycles. The minimum Gasteiger partial charge on any atom is -0.375 e. The van der Waals surface area contributed by atoms with Gasteiger partial charge in [0.05, 0.1) is 11.7 Å². The third-order valence-corrected chi connectivity index (χ3v) is 4.43. The van der Waals surface area contributed by atoms with Gasteiger partial charge in [0.15, 0.2) is 5.13 Å². The second kappa shape index (κ2) is 5.85. The van der Waals surface area contributed by atoms with Crippen molar-refractivity contribution in [3.05, 3.63) is 56.8 Å². The van der Waals surface area contributed by atoms with Gasteiger partial charge in [0.25, 0.3) is 11.5 Å². The second-order valence-corrected chi connectivity index (χ2v) is 6.20. The van der Waals surface area contributed by atoms with E-state index in [1.807, 2.05) is 24.3 Å². The summed E-state index contributed by atoms with van der Waals surface area (Å²) in [6.07, 6.45) is 0. The number of anilines is 1. The van der Waals surface area contributed by atoms with E-state index in [1.54, 1.807) is 19.2 Å². The number of amides is 1. The summed E-state index contributed by atoms with van der Waals surface area (Å²) >= 11 is 1.31.